The molecular formula is C23H38O6. The average Bonchev–Trinajstić information content (AvgIpc) is 2.72. The number of hydrogen-bond donors (Lipinski definition) is 2. The molecule has 0 fully saturated rings. The van der Waals surface area contributed by atoms with Crippen LogP contribution in [-0.2, 0) is 25.7 Å². The van der Waals surface area contributed by atoms with Gasteiger partial charge in [0, 0.05) is 12.8 Å². The molecule has 0 aliphatic heterocycles. The lowest BCUT2D eigenvalue weighted by Crippen LogP contribution is -2.06. The fourth-order valence-corrected chi connectivity index (χ4v) is 1.58. The zero-order valence-corrected chi connectivity index (χ0v) is 18.1. The van der Waals surface area contributed by atoms with Gasteiger partial charge in [-0.1, -0.05) is 42.5 Å². The third-order valence-corrected chi connectivity index (χ3v) is 2.66. The van der Waals surface area contributed by atoms with E-state index in [0.717, 1.165) is 5.56 Å². The molecule has 2 N–H and O–H groups in total. The Morgan fingerprint density at radius 3 is 1.69 bits per heavy atom. The van der Waals surface area contributed by atoms with Crippen LogP contribution in [0.2, 0.25) is 0 Å². The Morgan fingerprint density at radius 2 is 1.31 bits per heavy atom. The van der Waals surface area contributed by atoms with Crippen LogP contribution in [0, 0.1) is 0 Å². The van der Waals surface area contributed by atoms with Crippen molar-refractivity contribution < 1.29 is 29.3 Å². The first-order valence-corrected chi connectivity index (χ1v) is 9.68. The molecule has 0 aliphatic rings. The number of aliphatic hydroxyl groups is 2. The van der Waals surface area contributed by atoms with Gasteiger partial charge in [0.25, 0.3) is 0 Å². The lowest BCUT2D eigenvalue weighted by molar-refractivity contribution is -0.146. The number of allylic oxidation sites excluding steroid dienone is 2. The van der Waals surface area contributed by atoms with Crippen LogP contribution in [0.3, 0.4) is 0 Å². The standard InChI is InChI=1S/C15H20O4.2C3H6.C2H6O2/c1-2-18-14(16)10-6-7-11-15(17)19-12-13-8-4-3-5-9-13;2*1-3-2;3-1-2-4/h3-5,8-9H,2,6-7,10-12H2,1H3;2*3H,1H2,2H3;3-4H,1-2H2. The van der Waals surface area contributed by atoms with E-state index in [0.29, 0.717) is 38.9 Å². The third-order valence-electron chi connectivity index (χ3n) is 2.66. The highest BCUT2D eigenvalue weighted by atomic mass is 16.5. The lowest BCUT2D eigenvalue weighted by Gasteiger charge is -2.05. The first-order valence-electron chi connectivity index (χ1n) is 9.68. The van der Waals surface area contributed by atoms with E-state index in [9.17, 15) is 9.59 Å². The second-order valence-electron chi connectivity index (χ2n) is 5.42. The second kappa shape index (κ2) is 27.8. The molecular weight excluding hydrogens is 372 g/mol. The first-order chi connectivity index (χ1) is 14.0. The van der Waals surface area contributed by atoms with Crippen LogP contribution in [0.5, 0.6) is 0 Å². The molecule has 1 aromatic rings. The zero-order valence-electron chi connectivity index (χ0n) is 18.1. The molecule has 6 heteroatoms. The first kappa shape index (κ1) is 31.3. The molecule has 0 saturated carbocycles. The number of esters is 2. The van der Waals surface area contributed by atoms with Gasteiger partial charge < -0.3 is 19.7 Å². The van der Waals surface area contributed by atoms with Crippen molar-refractivity contribution in [3.63, 3.8) is 0 Å². The summed E-state index contributed by atoms with van der Waals surface area (Å²) in [4.78, 5) is 22.5. The Hall–Kier alpha value is -2.44. The number of unbranched alkanes of at least 4 members (excludes halogenated alkanes) is 1. The normalized spacial score (nSPS) is 8.45. The molecule has 0 spiro atoms. The second-order valence-corrected chi connectivity index (χ2v) is 5.42. The maximum absolute atomic E-state index is 11.4. The van der Waals surface area contributed by atoms with Crippen molar-refractivity contribution >= 4 is 11.9 Å². The van der Waals surface area contributed by atoms with Crippen LogP contribution in [0.4, 0.5) is 0 Å². The van der Waals surface area contributed by atoms with Gasteiger partial charge in [-0.05, 0) is 39.2 Å². The molecule has 6 nitrogen and oxygen atoms in total. The third kappa shape index (κ3) is 30.5. The highest BCUT2D eigenvalue weighted by molar-refractivity contribution is 5.70. The fraction of sp³-hybridized carbons (Fsp3) is 0.478. The van der Waals surface area contributed by atoms with Crippen LogP contribution < -0.4 is 0 Å². The number of hydrogen-bond acceptors (Lipinski definition) is 6. The van der Waals surface area contributed by atoms with Crippen molar-refractivity contribution in [3.8, 4) is 0 Å². The monoisotopic (exact) mass is 410 g/mol. The largest absolute Gasteiger partial charge is 0.466 e. The van der Waals surface area contributed by atoms with Crippen LogP contribution in [0.25, 0.3) is 0 Å². The molecule has 0 bridgehead atoms. The van der Waals surface area contributed by atoms with Crippen molar-refractivity contribution in [1.29, 1.82) is 0 Å². The van der Waals surface area contributed by atoms with Gasteiger partial charge in [0.2, 0.25) is 0 Å². The summed E-state index contributed by atoms with van der Waals surface area (Å²) in [6.45, 7) is 12.7. The lowest BCUT2D eigenvalue weighted by atomic mass is 10.2. The van der Waals surface area contributed by atoms with E-state index in [1.165, 1.54) is 0 Å². The minimum absolute atomic E-state index is 0.125. The summed E-state index contributed by atoms with van der Waals surface area (Å²) in [6.07, 6.45) is 5.50. The molecule has 166 valence electrons. The van der Waals surface area contributed by atoms with Gasteiger partial charge in [0.05, 0.1) is 19.8 Å². The molecule has 0 aromatic heterocycles. The summed E-state index contributed by atoms with van der Waals surface area (Å²) in [7, 11) is 0. The molecule has 0 heterocycles. The number of benzene rings is 1. The molecule has 0 radical (unpaired) electrons. The Labute approximate surface area is 175 Å². The SMILES string of the molecule is C=CC.C=CC.CCOC(=O)CCCCC(=O)OCc1ccccc1.OCCO. The number of aliphatic hydroxyl groups excluding tert-OH is 2. The van der Waals surface area contributed by atoms with Gasteiger partial charge in [0.15, 0.2) is 0 Å². The Morgan fingerprint density at radius 1 is 0.897 bits per heavy atom. The summed E-state index contributed by atoms with van der Waals surface area (Å²) < 4.78 is 9.93. The summed E-state index contributed by atoms with van der Waals surface area (Å²) in [5.74, 6) is -0.437. The average molecular weight is 411 g/mol. The molecule has 0 amide bonds. The summed E-state index contributed by atoms with van der Waals surface area (Å²) in [5, 5.41) is 15.2. The highest BCUT2D eigenvalue weighted by Crippen LogP contribution is 2.05. The van der Waals surface area contributed by atoms with Gasteiger partial charge in [-0.2, -0.15) is 0 Å². The Bertz CT molecular complexity index is 491. The fourth-order valence-electron chi connectivity index (χ4n) is 1.58. The highest BCUT2D eigenvalue weighted by Gasteiger charge is 2.05. The summed E-state index contributed by atoms with van der Waals surface area (Å²) >= 11 is 0. The Balaban J connectivity index is -0.000000565. The zero-order chi connectivity index (χ0) is 22.8. The predicted octanol–water partition coefficient (Wildman–Crippen LogP) is 4.21. The minimum Gasteiger partial charge on any atom is -0.466 e. The number of carbonyl (C=O) groups excluding carboxylic acids is 2. The molecule has 29 heavy (non-hydrogen) atoms. The van der Waals surface area contributed by atoms with Gasteiger partial charge in [-0.15, -0.1) is 13.2 Å². The van der Waals surface area contributed by atoms with E-state index in [1.807, 2.05) is 44.2 Å². The smallest absolute Gasteiger partial charge is 0.306 e. The van der Waals surface area contributed by atoms with Crippen LogP contribution >= 0.6 is 0 Å². The maximum Gasteiger partial charge on any atom is 0.306 e. The van der Waals surface area contributed by atoms with E-state index in [4.69, 9.17) is 19.7 Å². The molecule has 0 aliphatic carbocycles. The van der Waals surface area contributed by atoms with Crippen molar-refractivity contribution in [2.75, 3.05) is 19.8 Å². The van der Waals surface area contributed by atoms with Gasteiger partial charge in [-0.3, -0.25) is 9.59 Å². The minimum atomic E-state index is -0.229. The molecule has 1 rings (SSSR count). The molecule has 0 unspecified atom stereocenters. The predicted molar refractivity (Wildman–Crippen MR) is 117 cm³/mol. The van der Waals surface area contributed by atoms with E-state index < -0.39 is 0 Å². The number of rotatable bonds is 9. The van der Waals surface area contributed by atoms with Gasteiger partial charge in [0.1, 0.15) is 6.61 Å². The quantitative estimate of drug-likeness (QED) is 0.360. The maximum atomic E-state index is 11.4. The number of ether oxygens (including phenoxy) is 2. The Kier molecular flexibility index (Phi) is 29.9. The summed E-state index contributed by atoms with van der Waals surface area (Å²) in [6, 6.07) is 9.55. The summed E-state index contributed by atoms with van der Waals surface area (Å²) in [5.41, 5.74) is 0.974. The molecule has 1 aromatic carbocycles. The van der Waals surface area contributed by atoms with Gasteiger partial charge in [-0.25, -0.2) is 0 Å². The van der Waals surface area contributed by atoms with Gasteiger partial charge >= 0.3 is 11.9 Å². The van der Waals surface area contributed by atoms with Crippen molar-refractivity contribution in [3.05, 3.63) is 61.2 Å². The van der Waals surface area contributed by atoms with Crippen LogP contribution in [0.1, 0.15) is 52.0 Å². The van der Waals surface area contributed by atoms with Crippen molar-refractivity contribution in [2.45, 2.75) is 53.1 Å². The van der Waals surface area contributed by atoms with Crippen molar-refractivity contribution in [1.82, 2.24) is 0 Å². The van der Waals surface area contributed by atoms with Crippen molar-refractivity contribution in [2.24, 2.45) is 0 Å². The van der Waals surface area contributed by atoms with Crippen LogP contribution in [-0.4, -0.2) is 42.0 Å². The molecule has 0 atom stereocenters. The van der Waals surface area contributed by atoms with E-state index in [2.05, 4.69) is 13.2 Å². The van der Waals surface area contributed by atoms with E-state index in [1.54, 1.807) is 19.1 Å². The molecule has 0 saturated heterocycles. The topological polar surface area (TPSA) is 93.1 Å². The van der Waals surface area contributed by atoms with E-state index in [-0.39, 0.29) is 25.2 Å². The van der Waals surface area contributed by atoms with E-state index >= 15 is 0 Å². The number of carbonyl (C=O) groups is 2. The van der Waals surface area contributed by atoms with Crippen LogP contribution in [0.15, 0.2) is 55.6 Å².